The van der Waals surface area contributed by atoms with Crippen molar-refractivity contribution in [2.24, 2.45) is 0 Å². The number of hydrogen-bond donors (Lipinski definition) is 0. The first kappa shape index (κ1) is 18.2. The number of methoxy groups -OCH3 is 1. The predicted molar refractivity (Wildman–Crippen MR) is 102 cm³/mol. The first-order valence-electron chi connectivity index (χ1n) is 9.40. The second-order valence-electron chi connectivity index (χ2n) is 6.78. The lowest BCUT2D eigenvalue weighted by Crippen LogP contribution is -2.39. The van der Waals surface area contributed by atoms with E-state index in [-0.39, 0.29) is 17.8 Å². The van der Waals surface area contributed by atoms with Gasteiger partial charge in [0.05, 0.1) is 13.3 Å². The molecule has 1 saturated heterocycles. The topological polar surface area (TPSA) is 81.4 Å². The molecule has 1 aliphatic heterocycles. The molecule has 3 heterocycles. The SMILES string of the molecule is COc1cccc(Cc2cnc([C@H]3CCCCN3C(=O)c3ncccn3)o2)c1. The second-order valence-corrected chi connectivity index (χ2v) is 6.78. The highest BCUT2D eigenvalue weighted by atomic mass is 16.5. The minimum Gasteiger partial charge on any atom is -0.497 e. The first-order valence-corrected chi connectivity index (χ1v) is 9.40. The van der Waals surface area contributed by atoms with E-state index in [1.807, 2.05) is 24.3 Å². The molecule has 0 unspecified atom stereocenters. The Balaban J connectivity index is 1.53. The number of piperidine rings is 1. The molecule has 0 saturated carbocycles. The molecule has 0 aliphatic carbocycles. The summed E-state index contributed by atoms with van der Waals surface area (Å²) in [6, 6.07) is 9.37. The maximum absolute atomic E-state index is 12.9. The molecule has 3 aromatic rings. The van der Waals surface area contributed by atoms with Crippen molar-refractivity contribution >= 4 is 5.91 Å². The molecule has 0 spiro atoms. The largest absolute Gasteiger partial charge is 0.497 e. The zero-order valence-corrected chi connectivity index (χ0v) is 15.7. The van der Waals surface area contributed by atoms with E-state index in [1.54, 1.807) is 36.7 Å². The lowest BCUT2D eigenvalue weighted by molar-refractivity contribution is 0.0557. The highest BCUT2D eigenvalue weighted by Gasteiger charge is 2.33. The molecule has 28 heavy (non-hydrogen) atoms. The summed E-state index contributed by atoms with van der Waals surface area (Å²) in [6.45, 7) is 0.648. The second kappa shape index (κ2) is 8.21. The molecule has 7 heteroatoms. The van der Waals surface area contributed by atoms with Crippen LogP contribution in [0.2, 0.25) is 0 Å². The van der Waals surface area contributed by atoms with Crippen LogP contribution >= 0.6 is 0 Å². The van der Waals surface area contributed by atoms with Crippen LogP contribution in [-0.2, 0) is 6.42 Å². The van der Waals surface area contributed by atoms with E-state index in [2.05, 4.69) is 15.0 Å². The van der Waals surface area contributed by atoms with Crippen LogP contribution in [0.4, 0.5) is 0 Å². The summed E-state index contributed by atoms with van der Waals surface area (Å²) < 4.78 is 11.3. The Kier molecular flexibility index (Phi) is 5.32. The van der Waals surface area contributed by atoms with E-state index in [9.17, 15) is 4.79 Å². The first-order chi connectivity index (χ1) is 13.7. The molecule has 1 fully saturated rings. The van der Waals surface area contributed by atoms with Crippen molar-refractivity contribution in [3.63, 3.8) is 0 Å². The normalized spacial score (nSPS) is 16.8. The van der Waals surface area contributed by atoms with Gasteiger partial charge in [-0.2, -0.15) is 0 Å². The molecular weight excluding hydrogens is 356 g/mol. The Hall–Kier alpha value is -3.22. The molecular formula is C21H22N4O3. The molecule has 1 atom stereocenters. The van der Waals surface area contributed by atoms with E-state index >= 15 is 0 Å². The van der Waals surface area contributed by atoms with Crippen LogP contribution < -0.4 is 4.74 Å². The monoisotopic (exact) mass is 378 g/mol. The Morgan fingerprint density at radius 1 is 1.21 bits per heavy atom. The molecule has 4 rings (SSSR count). The summed E-state index contributed by atoms with van der Waals surface area (Å²) in [4.78, 5) is 27.3. The van der Waals surface area contributed by atoms with Crippen LogP contribution in [0.5, 0.6) is 5.75 Å². The summed E-state index contributed by atoms with van der Waals surface area (Å²) in [6.07, 6.45) is 8.31. The van der Waals surface area contributed by atoms with Crippen molar-refractivity contribution < 1.29 is 13.9 Å². The number of aromatic nitrogens is 3. The molecule has 1 aliphatic rings. The Labute approximate surface area is 163 Å². The van der Waals surface area contributed by atoms with Gasteiger partial charge in [-0.3, -0.25) is 4.79 Å². The van der Waals surface area contributed by atoms with E-state index < -0.39 is 0 Å². The number of rotatable bonds is 5. The highest BCUT2D eigenvalue weighted by Crippen LogP contribution is 2.32. The van der Waals surface area contributed by atoms with Crippen LogP contribution in [0.25, 0.3) is 0 Å². The van der Waals surface area contributed by atoms with E-state index in [0.717, 1.165) is 36.3 Å². The van der Waals surface area contributed by atoms with Gasteiger partial charge >= 0.3 is 0 Å². The Bertz CT molecular complexity index is 942. The van der Waals surface area contributed by atoms with Crippen LogP contribution in [0.1, 0.15) is 53.1 Å². The Morgan fingerprint density at radius 2 is 2.07 bits per heavy atom. The summed E-state index contributed by atoms with van der Waals surface area (Å²) >= 11 is 0. The van der Waals surface area contributed by atoms with E-state index in [1.165, 1.54) is 0 Å². The molecule has 1 aromatic carbocycles. The summed E-state index contributed by atoms with van der Waals surface area (Å²) in [5, 5.41) is 0. The summed E-state index contributed by atoms with van der Waals surface area (Å²) in [5.41, 5.74) is 1.08. The van der Waals surface area contributed by atoms with Gasteiger partial charge in [-0.05, 0) is 43.0 Å². The number of carbonyl (C=O) groups is 1. The lowest BCUT2D eigenvalue weighted by atomic mass is 10.0. The van der Waals surface area contributed by atoms with Crippen LogP contribution in [0.3, 0.4) is 0 Å². The third-order valence-corrected chi connectivity index (χ3v) is 4.89. The number of nitrogens with zero attached hydrogens (tertiary/aromatic N) is 4. The number of carbonyl (C=O) groups excluding carboxylic acids is 1. The van der Waals surface area contributed by atoms with Crippen LogP contribution in [0.15, 0.2) is 53.3 Å². The fourth-order valence-corrected chi connectivity index (χ4v) is 3.51. The fourth-order valence-electron chi connectivity index (χ4n) is 3.51. The highest BCUT2D eigenvalue weighted by molar-refractivity contribution is 5.90. The third kappa shape index (κ3) is 3.88. The van der Waals surface area contributed by atoms with Crippen molar-refractivity contribution in [2.75, 3.05) is 13.7 Å². The van der Waals surface area contributed by atoms with Crippen LogP contribution in [-0.4, -0.2) is 39.4 Å². The molecule has 144 valence electrons. The van der Waals surface area contributed by atoms with Crippen molar-refractivity contribution in [1.82, 2.24) is 19.9 Å². The predicted octanol–water partition coefficient (Wildman–Crippen LogP) is 3.43. The molecule has 7 nitrogen and oxygen atoms in total. The molecule has 0 radical (unpaired) electrons. The Morgan fingerprint density at radius 3 is 2.89 bits per heavy atom. The van der Waals surface area contributed by atoms with Crippen molar-refractivity contribution in [3.8, 4) is 5.75 Å². The minimum absolute atomic E-state index is 0.183. The quantitative estimate of drug-likeness (QED) is 0.677. The van der Waals surface area contributed by atoms with Gasteiger partial charge in [-0.15, -0.1) is 0 Å². The van der Waals surface area contributed by atoms with Crippen LogP contribution in [0, 0.1) is 0 Å². The average Bonchev–Trinajstić information content (AvgIpc) is 3.22. The van der Waals surface area contributed by atoms with Gasteiger partial charge in [0.15, 0.2) is 0 Å². The fraction of sp³-hybridized carbons (Fsp3) is 0.333. The molecule has 0 N–H and O–H groups in total. The van der Waals surface area contributed by atoms with Crippen molar-refractivity contribution in [2.45, 2.75) is 31.7 Å². The van der Waals surface area contributed by atoms with Gasteiger partial charge < -0.3 is 14.1 Å². The zero-order valence-electron chi connectivity index (χ0n) is 15.7. The van der Waals surface area contributed by atoms with E-state index in [0.29, 0.717) is 18.9 Å². The standard InChI is InChI=1S/C21H22N4O3/c1-27-16-7-4-6-15(12-16)13-17-14-24-20(28-17)18-8-2-3-11-25(18)21(26)19-22-9-5-10-23-19/h4-7,9-10,12,14,18H,2-3,8,11,13H2,1H3/t18-/m1/s1. The number of likely N-dealkylation sites (tertiary alicyclic amines) is 1. The lowest BCUT2D eigenvalue weighted by Gasteiger charge is -2.33. The van der Waals surface area contributed by atoms with Gasteiger partial charge in [0, 0.05) is 25.4 Å². The molecule has 2 aromatic heterocycles. The number of hydrogen-bond acceptors (Lipinski definition) is 6. The van der Waals surface area contributed by atoms with Crippen molar-refractivity contribution in [3.05, 3.63) is 72.0 Å². The number of ether oxygens (including phenoxy) is 1. The average molecular weight is 378 g/mol. The van der Waals surface area contributed by atoms with E-state index in [4.69, 9.17) is 9.15 Å². The van der Waals surface area contributed by atoms with Gasteiger partial charge in [-0.1, -0.05) is 12.1 Å². The number of amides is 1. The summed E-state index contributed by atoms with van der Waals surface area (Å²) in [5.74, 6) is 2.17. The minimum atomic E-state index is -0.191. The molecule has 0 bridgehead atoms. The van der Waals surface area contributed by atoms with Gasteiger partial charge in [-0.25, -0.2) is 15.0 Å². The van der Waals surface area contributed by atoms with Gasteiger partial charge in [0.25, 0.3) is 5.91 Å². The van der Waals surface area contributed by atoms with Gasteiger partial charge in [0.2, 0.25) is 11.7 Å². The maximum Gasteiger partial charge on any atom is 0.292 e. The molecule has 1 amide bonds. The smallest absolute Gasteiger partial charge is 0.292 e. The zero-order chi connectivity index (χ0) is 19.3. The summed E-state index contributed by atoms with van der Waals surface area (Å²) in [7, 11) is 1.65. The maximum atomic E-state index is 12.9. The van der Waals surface area contributed by atoms with Gasteiger partial charge in [0.1, 0.15) is 17.6 Å². The third-order valence-electron chi connectivity index (χ3n) is 4.89. The number of oxazole rings is 1. The van der Waals surface area contributed by atoms with Crippen molar-refractivity contribution in [1.29, 1.82) is 0 Å². The number of benzene rings is 1.